The van der Waals surface area contributed by atoms with E-state index in [0.717, 1.165) is 5.69 Å². The van der Waals surface area contributed by atoms with E-state index in [1.807, 2.05) is 0 Å². The molecule has 9 heteroatoms. The zero-order valence-electron chi connectivity index (χ0n) is 52.9. The van der Waals surface area contributed by atoms with Crippen molar-refractivity contribution in [2.75, 3.05) is 29.4 Å². The Hall–Kier alpha value is -8.87. The Morgan fingerprint density at radius 1 is 0.281 bits per heavy atom. The van der Waals surface area contributed by atoms with Gasteiger partial charge in [-0.3, -0.25) is 0 Å². The van der Waals surface area contributed by atoms with E-state index in [2.05, 4.69) is 319 Å². The fourth-order valence-electron chi connectivity index (χ4n) is 16.2. The molecule has 0 fully saturated rings. The Morgan fingerprint density at radius 2 is 0.674 bits per heavy atom. The van der Waals surface area contributed by atoms with Crippen LogP contribution in [0.3, 0.4) is 0 Å². The first-order valence-corrected chi connectivity index (χ1v) is 33.6. The van der Waals surface area contributed by atoms with Crippen LogP contribution in [-0.4, -0.2) is 27.9 Å². The number of fused-ring (bicyclic) bond motifs is 15. The van der Waals surface area contributed by atoms with Gasteiger partial charge in [-0.1, -0.05) is 0 Å². The standard InChI is InChI=1S/C80H70B2N6Se/c1-77(2,3)48-43-53(79(7,8)9)69-64(45-48)87-61-38-25-36-59-66(61)81(55-33-24-40-63(71(55)87)83(69)50-29-18-14-19-30-50)75-73-74-76(89-75)82-56-42-41-52(47-27-16-13-17-28-47)68-72(56)88(62-39-26-37-60(67(62)82)86(74)58-35-23-22-34-57(58)85(59)73)65-46-49(78(4,5)6)44-54(80(10,11)12)70(65)84(68)51-31-20-15-21-32-51/h13-46H,1-12H3. The summed E-state index contributed by atoms with van der Waals surface area (Å²) in [7, 11) is 0. The van der Waals surface area contributed by atoms with E-state index in [4.69, 9.17) is 0 Å². The monoisotopic (exact) mass is 1220 g/mol. The van der Waals surface area contributed by atoms with Crippen LogP contribution in [0.25, 0.3) is 11.1 Å². The molecule has 7 aliphatic heterocycles. The molecular weight excluding hydrogens is 1150 g/mol. The van der Waals surface area contributed by atoms with E-state index < -0.39 is 0 Å². The van der Waals surface area contributed by atoms with Gasteiger partial charge >= 0.3 is 535 Å². The quantitative estimate of drug-likeness (QED) is 0.163. The number of para-hydroxylation sites is 5. The third kappa shape index (κ3) is 7.12. The molecule has 0 amide bonds. The molecule has 89 heavy (non-hydrogen) atoms. The topological polar surface area (TPSA) is 19.4 Å². The second-order valence-electron chi connectivity index (χ2n) is 29.7. The average molecular weight is 1220 g/mol. The van der Waals surface area contributed by atoms with E-state index in [9.17, 15) is 0 Å². The van der Waals surface area contributed by atoms with Crippen molar-refractivity contribution < 1.29 is 0 Å². The number of anilines is 18. The maximum atomic E-state index is 2.73. The predicted octanol–water partition coefficient (Wildman–Crippen LogP) is 17.6. The molecule has 0 bridgehead atoms. The third-order valence-corrected chi connectivity index (χ3v) is 23.0. The molecule has 8 heterocycles. The van der Waals surface area contributed by atoms with Gasteiger partial charge in [-0.25, -0.2) is 0 Å². The predicted molar refractivity (Wildman–Crippen MR) is 382 cm³/mol. The van der Waals surface area contributed by atoms with Gasteiger partial charge in [0.2, 0.25) is 0 Å². The van der Waals surface area contributed by atoms with E-state index >= 15 is 0 Å². The molecule has 0 N–H and O–H groups in total. The number of benzene rings is 10. The Morgan fingerprint density at radius 3 is 1.16 bits per heavy atom. The Labute approximate surface area is 531 Å². The summed E-state index contributed by atoms with van der Waals surface area (Å²) in [5, 5.41) is 0. The van der Waals surface area contributed by atoms with Crippen LogP contribution in [-0.2, 0) is 21.7 Å². The van der Waals surface area contributed by atoms with Gasteiger partial charge in [-0.15, -0.1) is 0 Å². The van der Waals surface area contributed by atoms with Gasteiger partial charge in [0.1, 0.15) is 0 Å². The van der Waals surface area contributed by atoms with Crippen molar-refractivity contribution in [3.63, 3.8) is 0 Å². The molecule has 11 aromatic rings. The van der Waals surface area contributed by atoms with Gasteiger partial charge in [0.15, 0.2) is 0 Å². The van der Waals surface area contributed by atoms with Crippen LogP contribution in [0.15, 0.2) is 206 Å². The minimum absolute atomic E-state index is 0.00699. The van der Waals surface area contributed by atoms with Crippen molar-refractivity contribution in [1.29, 1.82) is 0 Å². The fraction of sp³-hybridized carbons (Fsp3) is 0.200. The van der Waals surface area contributed by atoms with Crippen molar-refractivity contribution in [2.24, 2.45) is 0 Å². The summed E-state index contributed by atoms with van der Waals surface area (Å²) in [5.74, 6) is 0. The molecule has 18 rings (SSSR count). The van der Waals surface area contributed by atoms with Gasteiger partial charge in [0.05, 0.1) is 0 Å². The summed E-state index contributed by atoms with van der Waals surface area (Å²) >= 11 is -0.110. The second kappa shape index (κ2) is 17.9. The first-order valence-electron chi connectivity index (χ1n) is 31.9. The summed E-state index contributed by atoms with van der Waals surface area (Å²) in [6.45, 7) is 28.6. The van der Waals surface area contributed by atoms with Crippen molar-refractivity contribution >= 4 is 161 Å². The minimum atomic E-state index is -0.200. The molecule has 0 atom stereocenters. The van der Waals surface area contributed by atoms with Crippen molar-refractivity contribution in [3.8, 4) is 11.1 Å². The summed E-state index contributed by atoms with van der Waals surface area (Å²) in [6.07, 6.45) is 0. The fourth-order valence-corrected chi connectivity index (χ4v) is 19.4. The molecule has 0 aliphatic carbocycles. The molecule has 0 saturated heterocycles. The molecule has 7 aliphatic rings. The Kier molecular flexibility index (Phi) is 10.7. The van der Waals surface area contributed by atoms with Gasteiger partial charge in [0.25, 0.3) is 0 Å². The number of hydrogen-bond acceptors (Lipinski definition) is 6. The second-order valence-corrected chi connectivity index (χ2v) is 32.0. The summed E-state index contributed by atoms with van der Waals surface area (Å²) in [6, 6.07) is 79.8. The summed E-state index contributed by atoms with van der Waals surface area (Å²) < 4.78 is 3.08. The van der Waals surface area contributed by atoms with Crippen molar-refractivity contribution in [1.82, 2.24) is 0 Å². The van der Waals surface area contributed by atoms with Crippen LogP contribution in [0.5, 0.6) is 0 Å². The number of rotatable bonds is 3. The maximum absolute atomic E-state index is 2.73. The van der Waals surface area contributed by atoms with Crippen LogP contribution >= 0.6 is 0 Å². The van der Waals surface area contributed by atoms with Gasteiger partial charge in [-0.2, -0.15) is 0 Å². The van der Waals surface area contributed by atoms with Crippen LogP contribution in [0.4, 0.5) is 102 Å². The molecule has 0 spiro atoms. The van der Waals surface area contributed by atoms with Crippen LogP contribution < -0.4 is 59.9 Å². The van der Waals surface area contributed by atoms with Gasteiger partial charge in [0, 0.05) is 0 Å². The Bertz CT molecular complexity index is 4890. The molecular formula is C80H70B2N6Se. The van der Waals surface area contributed by atoms with Gasteiger partial charge in [-0.05, 0) is 0 Å². The van der Waals surface area contributed by atoms with Crippen LogP contribution in [0.1, 0.15) is 105 Å². The van der Waals surface area contributed by atoms with Crippen molar-refractivity contribution in [3.05, 3.63) is 229 Å². The third-order valence-electron chi connectivity index (χ3n) is 20.2. The zero-order chi connectivity index (χ0) is 60.7. The summed E-state index contributed by atoms with van der Waals surface area (Å²) in [5.41, 5.74) is 35.3. The summed E-state index contributed by atoms with van der Waals surface area (Å²) in [4.78, 5) is 16.2. The van der Waals surface area contributed by atoms with Crippen molar-refractivity contribution in [2.45, 2.75) is 105 Å². The molecule has 1 aromatic heterocycles. The average Bonchev–Trinajstić information content (AvgIpc) is 1.65. The van der Waals surface area contributed by atoms with E-state index in [-0.39, 0.29) is 49.6 Å². The van der Waals surface area contributed by atoms with Crippen LogP contribution in [0.2, 0.25) is 0 Å². The van der Waals surface area contributed by atoms with Crippen LogP contribution in [0, 0.1) is 0 Å². The van der Waals surface area contributed by atoms with E-state index in [1.54, 1.807) is 4.34 Å². The number of hydrogen-bond donors (Lipinski definition) is 0. The Balaban J connectivity index is 0.952. The SMILES string of the molecule is CC(C)(C)c1cc2c(c(C(C)(C)C)c1)N(c1ccccc1)c1cccc3c1N2c1cccc2c1B3c1[se]c3c4c1N2c1ccccc1N4c1cccc2c1B3c1ccc(-c3ccccc3)c3c1N2c1cc(C(C)(C)C)cc(C(C)(C)C)c1N3c1ccccc1. The van der Waals surface area contributed by atoms with E-state index in [0.29, 0.717) is 0 Å². The molecule has 0 radical (unpaired) electrons. The van der Waals surface area contributed by atoms with Gasteiger partial charge < -0.3 is 0 Å². The first kappa shape index (κ1) is 53.2. The molecule has 0 unspecified atom stereocenters. The normalized spacial score (nSPS) is 15.0. The molecule has 10 aromatic carbocycles. The zero-order valence-corrected chi connectivity index (χ0v) is 54.6. The van der Waals surface area contributed by atoms with E-state index in [1.165, 1.54) is 156 Å². The first-order chi connectivity index (χ1) is 42.8. The number of nitrogens with zero attached hydrogens (tertiary/aromatic N) is 6. The molecule has 432 valence electrons. The molecule has 6 nitrogen and oxygen atoms in total. The molecule has 0 saturated carbocycles.